The van der Waals surface area contributed by atoms with Crippen molar-refractivity contribution in [2.75, 3.05) is 26.2 Å². The Bertz CT molecular complexity index is 404. The molecule has 1 amide bonds. The molecular formula is C17H30N2O2. The highest BCUT2D eigenvalue weighted by Gasteiger charge is 2.50. The normalized spacial score (nSPS) is 38.0. The van der Waals surface area contributed by atoms with Crippen molar-refractivity contribution in [3.8, 4) is 0 Å². The molecule has 21 heavy (non-hydrogen) atoms. The third kappa shape index (κ3) is 3.42. The molecule has 0 aromatic rings. The molecule has 0 spiro atoms. The number of likely N-dealkylation sites (tertiary alicyclic amines) is 1. The van der Waals surface area contributed by atoms with Crippen LogP contribution in [0.15, 0.2) is 0 Å². The number of amides is 1. The maximum Gasteiger partial charge on any atom is 0.236 e. The minimum Gasteiger partial charge on any atom is -0.377 e. The van der Waals surface area contributed by atoms with E-state index in [1.165, 1.54) is 12.8 Å². The molecule has 1 aliphatic carbocycles. The summed E-state index contributed by atoms with van der Waals surface area (Å²) in [7, 11) is 0. The van der Waals surface area contributed by atoms with E-state index in [0.29, 0.717) is 29.5 Å². The molecule has 1 saturated carbocycles. The molecule has 3 aliphatic rings. The van der Waals surface area contributed by atoms with Crippen LogP contribution in [0.5, 0.6) is 0 Å². The summed E-state index contributed by atoms with van der Waals surface area (Å²) in [6.45, 7) is 10.2. The summed E-state index contributed by atoms with van der Waals surface area (Å²) in [6.07, 6.45) is 6.17. The second-order valence-corrected chi connectivity index (χ2v) is 8.50. The highest BCUT2D eigenvalue weighted by molar-refractivity contribution is 5.79. The molecule has 3 unspecified atom stereocenters. The fourth-order valence-corrected chi connectivity index (χ4v) is 5.00. The minimum absolute atomic E-state index is 0.277. The molecule has 0 aromatic carbocycles. The van der Waals surface area contributed by atoms with E-state index in [-0.39, 0.29) is 5.91 Å². The van der Waals surface area contributed by atoms with Gasteiger partial charge in [0.05, 0.1) is 12.6 Å². The molecule has 120 valence electrons. The van der Waals surface area contributed by atoms with Gasteiger partial charge in [0.15, 0.2) is 0 Å². The fourth-order valence-electron chi connectivity index (χ4n) is 5.00. The average molecular weight is 294 g/mol. The smallest absolute Gasteiger partial charge is 0.236 e. The van der Waals surface area contributed by atoms with Gasteiger partial charge in [0.2, 0.25) is 5.91 Å². The molecule has 2 heterocycles. The largest absolute Gasteiger partial charge is 0.377 e. The molecule has 0 aromatic heterocycles. The lowest BCUT2D eigenvalue weighted by Gasteiger charge is -2.39. The number of hydrogen-bond donors (Lipinski definition) is 1. The van der Waals surface area contributed by atoms with Crippen LogP contribution in [-0.4, -0.2) is 49.2 Å². The van der Waals surface area contributed by atoms with Crippen LogP contribution in [0.25, 0.3) is 0 Å². The summed E-state index contributed by atoms with van der Waals surface area (Å²) < 4.78 is 5.59. The van der Waals surface area contributed by atoms with Gasteiger partial charge in [0, 0.05) is 25.7 Å². The lowest BCUT2D eigenvalue weighted by molar-refractivity contribution is -0.131. The number of hydrogen-bond acceptors (Lipinski definition) is 3. The summed E-state index contributed by atoms with van der Waals surface area (Å²) in [4.78, 5) is 14.7. The first-order valence-electron chi connectivity index (χ1n) is 8.49. The van der Waals surface area contributed by atoms with Crippen molar-refractivity contribution in [3.05, 3.63) is 0 Å². The van der Waals surface area contributed by atoms with Crippen molar-refractivity contribution >= 4 is 5.91 Å². The second kappa shape index (κ2) is 5.54. The van der Waals surface area contributed by atoms with Gasteiger partial charge in [-0.2, -0.15) is 0 Å². The van der Waals surface area contributed by atoms with E-state index in [1.54, 1.807) is 0 Å². The Morgan fingerprint density at radius 1 is 1.33 bits per heavy atom. The van der Waals surface area contributed by atoms with Gasteiger partial charge in [-0.05, 0) is 42.9 Å². The van der Waals surface area contributed by atoms with Gasteiger partial charge in [-0.3, -0.25) is 4.79 Å². The lowest BCUT2D eigenvalue weighted by Crippen LogP contribution is -2.43. The third-order valence-electron chi connectivity index (χ3n) is 5.41. The van der Waals surface area contributed by atoms with Crippen molar-refractivity contribution in [2.45, 2.75) is 65.0 Å². The lowest BCUT2D eigenvalue weighted by atomic mass is 9.65. The molecule has 4 heteroatoms. The number of carbonyl (C=O) groups excluding carboxylic acids is 1. The van der Waals surface area contributed by atoms with E-state index < -0.39 is 0 Å². The van der Waals surface area contributed by atoms with Crippen LogP contribution in [0.4, 0.5) is 0 Å². The van der Waals surface area contributed by atoms with Crippen LogP contribution in [0, 0.1) is 10.8 Å². The first-order chi connectivity index (χ1) is 9.87. The van der Waals surface area contributed by atoms with Gasteiger partial charge in [-0.1, -0.05) is 20.8 Å². The molecule has 2 bridgehead atoms. The average Bonchev–Trinajstić information content (AvgIpc) is 2.94. The zero-order chi connectivity index (χ0) is 15.1. The van der Waals surface area contributed by atoms with E-state index in [9.17, 15) is 4.79 Å². The number of nitrogens with one attached hydrogen (secondary N) is 1. The van der Waals surface area contributed by atoms with E-state index >= 15 is 0 Å². The second-order valence-electron chi connectivity index (χ2n) is 8.50. The van der Waals surface area contributed by atoms with E-state index in [2.05, 4.69) is 31.0 Å². The predicted octanol–water partition coefficient (Wildman–Crippen LogP) is 2.18. The molecule has 3 atom stereocenters. The Balaban J connectivity index is 1.51. The van der Waals surface area contributed by atoms with Gasteiger partial charge in [0.25, 0.3) is 0 Å². The maximum absolute atomic E-state index is 12.5. The van der Waals surface area contributed by atoms with Gasteiger partial charge in [0.1, 0.15) is 0 Å². The monoisotopic (exact) mass is 294 g/mol. The number of fused-ring (bicyclic) bond motifs is 2. The van der Waals surface area contributed by atoms with Gasteiger partial charge >= 0.3 is 0 Å². The Hall–Kier alpha value is -0.610. The van der Waals surface area contributed by atoms with Crippen LogP contribution in [0.1, 0.15) is 52.9 Å². The highest BCUT2D eigenvalue weighted by Crippen LogP contribution is 2.52. The molecule has 1 N–H and O–H groups in total. The SMILES string of the molecule is CC1(C)CC2CC(C)(CN2C(=O)CNCC2CCCO2)C1. The molecule has 2 aliphatic heterocycles. The first-order valence-corrected chi connectivity index (χ1v) is 8.49. The Kier molecular flexibility index (Phi) is 4.04. The summed E-state index contributed by atoms with van der Waals surface area (Å²) in [6, 6.07) is 0.454. The molecular weight excluding hydrogens is 264 g/mol. The molecule has 3 rings (SSSR count). The van der Waals surface area contributed by atoms with Crippen molar-refractivity contribution in [2.24, 2.45) is 10.8 Å². The van der Waals surface area contributed by atoms with Crippen LogP contribution < -0.4 is 5.32 Å². The highest BCUT2D eigenvalue weighted by atomic mass is 16.5. The van der Waals surface area contributed by atoms with Crippen LogP contribution in [-0.2, 0) is 9.53 Å². The van der Waals surface area contributed by atoms with Gasteiger partial charge in [-0.25, -0.2) is 0 Å². The standard InChI is InChI=1S/C17H30N2O2/c1-16(2)7-13-8-17(3,11-16)12-19(13)15(20)10-18-9-14-5-4-6-21-14/h13-14,18H,4-12H2,1-3H3. The Morgan fingerprint density at radius 3 is 2.86 bits per heavy atom. The Labute approximate surface area is 128 Å². The number of carbonyl (C=O) groups is 1. The number of nitrogens with zero attached hydrogens (tertiary/aromatic N) is 1. The summed E-state index contributed by atoms with van der Waals surface area (Å²) >= 11 is 0. The summed E-state index contributed by atoms with van der Waals surface area (Å²) in [5.74, 6) is 0.277. The minimum atomic E-state index is 0.277. The molecule has 3 fully saturated rings. The topological polar surface area (TPSA) is 41.6 Å². The molecule has 0 radical (unpaired) electrons. The van der Waals surface area contributed by atoms with Crippen molar-refractivity contribution in [1.82, 2.24) is 10.2 Å². The van der Waals surface area contributed by atoms with Crippen molar-refractivity contribution < 1.29 is 9.53 Å². The maximum atomic E-state index is 12.5. The van der Waals surface area contributed by atoms with E-state index in [4.69, 9.17) is 4.74 Å². The zero-order valence-electron chi connectivity index (χ0n) is 13.8. The van der Waals surface area contributed by atoms with Gasteiger partial charge < -0.3 is 15.0 Å². The van der Waals surface area contributed by atoms with Crippen molar-refractivity contribution in [1.29, 1.82) is 0 Å². The summed E-state index contributed by atoms with van der Waals surface area (Å²) in [5, 5.41) is 3.30. The van der Waals surface area contributed by atoms with Crippen LogP contribution in [0.2, 0.25) is 0 Å². The third-order valence-corrected chi connectivity index (χ3v) is 5.41. The zero-order valence-corrected chi connectivity index (χ0v) is 13.8. The van der Waals surface area contributed by atoms with Gasteiger partial charge in [-0.15, -0.1) is 0 Å². The quantitative estimate of drug-likeness (QED) is 0.864. The van der Waals surface area contributed by atoms with Crippen LogP contribution in [0.3, 0.4) is 0 Å². The van der Waals surface area contributed by atoms with E-state index in [0.717, 1.165) is 39.0 Å². The number of rotatable bonds is 4. The molecule has 2 saturated heterocycles. The number of ether oxygens (including phenoxy) is 1. The van der Waals surface area contributed by atoms with Crippen molar-refractivity contribution in [3.63, 3.8) is 0 Å². The molecule has 4 nitrogen and oxygen atoms in total. The summed E-state index contributed by atoms with van der Waals surface area (Å²) in [5.41, 5.74) is 0.703. The first kappa shape index (κ1) is 15.3. The fraction of sp³-hybridized carbons (Fsp3) is 0.941. The Morgan fingerprint density at radius 2 is 2.14 bits per heavy atom. The predicted molar refractivity (Wildman–Crippen MR) is 83.1 cm³/mol. The van der Waals surface area contributed by atoms with E-state index in [1.807, 2.05) is 0 Å². The van der Waals surface area contributed by atoms with Crippen LogP contribution >= 0.6 is 0 Å².